The minimum atomic E-state index is -0.905. The number of ether oxygens (including phenoxy) is 1. The summed E-state index contributed by atoms with van der Waals surface area (Å²) in [5, 5.41) is 9.28. The molecule has 1 N–H and O–H groups in total. The molecule has 2 aliphatic rings. The second-order valence-electron chi connectivity index (χ2n) is 5.38. The van der Waals surface area contributed by atoms with Gasteiger partial charge in [0.05, 0.1) is 12.3 Å². The van der Waals surface area contributed by atoms with Crippen molar-refractivity contribution < 1.29 is 14.6 Å². The van der Waals surface area contributed by atoms with Gasteiger partial charge in [0.1, 0.15) is 5.82 Å². The van der Waals surface area contributed by atoms with Crippen molar-refractivity contribution in [1.82, 2.24) is 9.55 Å². The second-order valence-corrected chi connectivity index (χ2v) is 5.38. The summed E-state index contributed by atoms with van der Waals surface area (Å²) in [7, 11) is 0. The first kappa shape index (κ1) is 11.7. The van der Waals surface area contributed by atoms with E-state index in [4.69, 9.17) is 4.74 Å². The molecule has 0 radical (unpaired) electrons. The average Bonchev–Trinajstić information content (AvgIpc) is 2.93. The van der Waals surface area contributed by atoms with Crippen LogP contribution < -0.4 is 0 Å². The van der Waals surface area contributed by atoms with E-state index in [-0.39, 0.29) is 11.6 Å². The Bertz CT molecular complexity index is 475. The molecule has 3 heterocycles. The van der Waals surface area contributed by atoms with Gasteiger partial charge in [-0.25, -0.2) is 9.78 Å². The van der Waals surface area contributed by atoms with E-state index < -0.39 is 5.97 Å². The molecule has 0 bridgehead atoms. The standard InChI is InChI=1S/C13H18N2O3/c1-8-2-4-15-10(6-8)11(13(16)17)14-12(15)9-3-5-18-7-9/h8-9H,2-7H2,1H3,(H,16,17). The third-order valence-electron chi connectivity index (χ3n) is 3.99. The number of carboxylic acid groups (broad SMARTS) is 1. The molecule has 0 spiro atoms. The first-order chi connectivity index (χ1) is 8.66. The fourth-order valence-corrected chi connectivity index (χ4v) is 2.96. The first-order valence-corrected chi connectivity index (χ1v) is 6.57. The van der Waals surface area contributed by atoms with E-state index in [2.05, 4.69) is 16.5 Å². The summed E-state index contributed by atoms with van der Waals surface area (Å²) in [4.78, 5) is 15.7. The zero-order chi connectivity index (χ0) is 12.7. The van der Waals surface area contributed by atoms with Gasteiger partial charge in [-0.15, -0.1) is 0 Å². The van der Waals surface area contributed by atoms with E-state index >= 15 is 0 Å². The normalized spacial score (nSPS) is 27.2. The van der Waals surface area contributed by atoms with Gasteiger partial charge >= 0.3 is 5.97 Å². The van der Waals surface area contributed by atoms with Gasteiger partial charge in [0.15, 0.2) is 5.69 Å². The number of hydrogen-bond acceptors (Lipinski definition) is 3. The van der Waals surface area contributed by atoms with Crippen LogP contribution in [0.25, 0.3) is 0 Å². The monoisotopic (exact) mass is 250 g/mol. The van der Waals surface area contributed by atoms with Gasteiger partial charge in [-0.2, -0.15) is 0 Å². The Hall–Kier alpha value is -1.36. The van der Waals surface area contributed by atoms with Crippen LogP contribution in [0.3, 0.4) is 0 Å². The van der Waals surface area contributed by atoms with Crippen molar-refractivity contribution in [2.45, 2.75) is 38.6 Å². The Kier molecular flexibility index (Phi) is 2.86. The van der Waals surface area contributed by atoms with Crippen molar-refractivity contribution in [2.75, 3.05) is 13.2 Å². The Morgan fingerprint density at radius 1 is 1.50 bits per heavy atom. The number of imidazole rings is 1. The predicted octanol–water partition coefficient (Wildman–Crippen LogP) is 1.67. The quantitative estimate of drug-likeness (QED) is 0.867. The van der Waals surface area contributed by atoms with Gasteiger partial charge in [0.2, 0.25) is 0 Å². The maximum Gasteiger partial charge on any atom is 0.356 e. The highest BCUT2D eigenvalue weighted by Gasteiger charge is 2.31. The molecule has 0 saturated carbocycles. The highest BCUT2D eigenvalue weighted by Crippen LogP contribution is 2.31. The molecule has 1 aromatic heterocycles. The van der Waals surface area contributed by atoms with E-state index in [0.717, 1.165) is 43.9 Å². The lowest BCUT2D eigenvalue weighted by molar-refractivity contribution is 0.0688. The maximum atomic E-state index is 11.3. The van der Waals surface area contributed by atoms with Crippen molar-refractivity contribution >= 4 is 5.97 Å². The lowest BCUT2D eigenvalue weighted by Crippen LogP contribution is -2.21. The third kappa shape index (κ3) is 1.82. The van der Waals surface area contributed by atoms with Crippen molar-refractivity contribution in [1.29, 1.82) is 0 Å². The van der Waals surface area contributed by atoms with Crippen LogP contribution in [0.15, 0.2) is 0 Å². The number of rotatable bonds is 2. The highest BCUT2D eigenvalue weighted by atomic mass is 16.5. The number of hydrogen-bond donors (Lipinski definition) is 1. The maximum absolute atomic E-state index is 11.3. The molecule has 5 nitrogen and oxygen atoms in total. The number of aromatic carboxylic acids is 1. The second kappa shape index (κ2) is 4.39. The number of carboxylic acids is 1. The van der Waals surface area contributed by atoms with Crippen LogP contribution in [0, 0.1) is 5.92 Å². The van der Waals surface area contributed by atoms with Crippen LogP contribution in [-0.4, -0.2) is 33.8 Å². The van der Waals surface area contributed by atoms with E-state index in [1.807, 2.05) is 0 Å². The largest absolute Gasteiger partial charge is 0.476 e. The number of carbonyl (C=O) groups is 1. The highest BCUT2D eigenvalue weighted by molar-refractivity contribution is 5.87. The van der Waals surface area contributed by atoms with Gasteiger partial charge in [0, 0.05) is 19.1 Å². The van der Waals surface area contributed by atoms with Crippen LogP contribution in [0.4, 0.5) is 0 Å². The van der Waals surface area contributed by atoms with Gasteiger partial charge in [-0.1, -0.05) is 6.92 Å². The molecule has 98 valence electrons. The zero-order valence-electron chi connectivity index (χ0n) is 10.6. The Labute approximate surface area is 106 Å². The van der Waals surface area contributed by atoms with E-state index in [9.17, 15) is 9.90 Å². The molecule has 1 fully saturated rings. The molecule has 3 rings (SSSR count). The van der Waals surface area contributed by atoms with Crippen molar-refractivity contribution in [3.05, 3.63) is 17.2 Å². The van der Waals surface area contributed by atoms with Crippen molar-refractivity contribution in [3.8, 4) is 0 Å². The minimum Gasteiger partial charge on any atom is -0.476 e. The average molecular weight is 250 g/mol. The SMILES string of the molecule is CC1CCn2c(C3CCOC3)nc(C(=O)O)c2C1. The summed E-state index contributed by atoms with van der Waals surface area (Å²) >= 11 is 0. The molecule has 5 heteroatoms. The zero-order valence-corrected chi connectivity index (χ0v) is 10.6. The Morgan fingerprint density at radius 3 is 3.00 bits per heavy atom. The summed E-state index contributed by atoms with van der Waals surface area (Å²) in [6.45, 7) is 4.49. The third-order valence-corrected chi connectivity index (χ3v) is 3.99. The fraction of sp³-hybridized carbons (Fsp3) is 0.692. The van der Waals surface area contributed by atoms with Crippen molar-refractivity contribution in [2.24, 2.45) is 5.92 Å². The summed E-state index contributed by atoms with van der Waals surface area (Å²) in [6, 6.07) is 0. The molecule has 2 unspecified atom stereocenters. The lowest BCUT2D eigenvalue weighted by atomic mass is 9.96. The molecule has 0 aliphatic carbocycles. The topological polar surface area (TPSA) is 64.4 Å². The molecule has 0 aromatic carbocycles. The summed E-state index contributed by atoms with van der Waals surface area (Å²) in [5.41, 5.74) is 1.16. The summed E-state index contributed by atoms with van der Waals surface area (Å²) in [5.74, 6) is 0.829. The molecule has 1 aromatic rings. The molecule has 2 atom stereocenters. The lowest BCUT2D eigenvalue weighted by Gasteiger charge is -2.23. The number of fused-ring (bicyclic) bond motifs is 1. The Balaban J connectivity index is 2.04. The van der Waals surface area contributed by atoms with Gasteiger partial charge in [-0.05, 0) is 25.2 Å². The van der Waals surface area contributed by atoms with Crippen LogP contribution in [0.2, 0.25) is 0 Å². The van der Waals surface area contributed by atoms with Gasteiger partial charge < -0.3 is 14.4 Å². The first-order valence-electron chi connectivity index (χ1n) is 6.57. The van der Waals surface area contributed by atoms with Gasteiger partial charge in [0.25, 0.3) is 0 Å². The molecular formula is C13H18N2O3. The fourth-order valence-electron chi connectivity index (χ4n) is 2.96. The van der Waals surface area contributed by atoms with E-state index in [0.29, 0.717) is 12.5 Å². The smallest absolute Gasteiger partial charge is 0.356 e. The summed E-state index contributed by atoms with van der Waals surface area (Å²) < 4.78 is 7.52. The van der Waals surface area contributed by atoms with Gasteiger partial charge in [-0.3, -0.25) is 0 Å². The minimum absolute atomic E-state index is 0.253. The van der Waals surface area contributed by atoms with Crippen molar-refractivity contribution in [3.63, 3.8) is 0 Å². The van der Waals surface area contributed by atoms with E-state index in [1.54, 1.807) is 0 Å². The molecule has 0 amide bonds. The molecule has 1 saturated heterocycles. The Morgan fingerprint density at radius 2 is 2.33 bits per heavy atom. The molecular weight excluding hydrogens is 232 g/mol. The predicted molar refractivity (Wildman–Crippen MR) is 64.8 cm³/mol. The molecule has 2 aliphatic heterocycles. The number of aromatic nitrogens is 2. The van der Waals surface area contributed by atoms with E-state index in [1.165, 1.54) is 0 Å². The van der Waals surface area contributed by atoms with Crippen LogP contribution >= 0.6 is 0 Å². The summed E-state index contributed by atoms with van der Waals surface area (Å²) in [6.07, 6.45) is 2.87. The van der Waals surface area contributed by atoms with Crippen LogP contribution in [-0.2, 0) is 17.7 Å². The van der Waals surface area contributed by atoms with Crippen LogP contribution in [0.5, 0.6) is 0 Å². The van der Waals surface area contributed by atoms with Crippen LogP contribution in [0.1, 0.15) is 47.7 Å². The number of nitrogens with zero attached hydrogens (tertiary/aromatic N) is 2. The molecule has 18 heavy (non-hydrogen) atoms.